The number of aliphatic imine (C=N–C) groups is 1. The molecule has 0 radical (unpaired) electrons. The largest absolute Gasteiger partial charge is 0.545 e. The van der Waals surface area contributed by atoms with Crippen LogP contribution in [0.2, 0.25) is 0 Å². The van der Waals surface area contributed by atoms with Gasteiger partial charge in [-0.05, 0) is 25.3 Å². The van der Waals surface area contributed by atoms with Crippen LogP contribution in [0.4, 0.5) is 22.7 Å². The number of nitro groups is 1. The zero-order chi connectivity index (χ0) is 41.1. The first-order valence-corrected chi connectivity index (χ1v) is 21.1. The fourth-order valence-corrected chi connectivity index (χ4v) is 10.6. The molecule has 8 rings (SSSR count). The average Bonchev–Trinajstić information content (AvgIpc) is 3.76. The van der Waals surface area contributed by atoms with Crippen molar-refractivity contribution in [3.63, 3.8) is 0 Å². The molecule has 9 heteroatoms. The third-order valence-electron chi connectivity index (χ3n) is 10.3. The van der Waals surface area contributed by atoms with Crippen LogP contribution in [0, 0.1) is 64.6 Å². The predicted molar refractivity (Wildman–Crippen MR) is 244 cm³/mol. The molecule has 302 valence electrons. The van der Waals surface area contributed by atoms with Gasteiger partial charge in [0, 0.05) is 4.92 Å². The Morgan fingerprint density at radius 2 is 1.24 bits per heavy atom. The number of aryl methyl sites for hydroxylation is 7. The molecular weight excluding hydrogens is 841 g/mol. The number of allylic oxidation sites excluding steroid dienone is 1. The second kappa shape index (κ2) is 18.4. The van der Waals surface area contributed by atoms with Crippen LogP contribution in [0.25, 0.3) is 5.57 Å². The Balaban J connectivity index is 0.000000247. The molecule has 0 atom stereocenters. The van der Waals surface area contributed by atoms with Crippen LogP contribution in [0.1, 0.15) is 61.2 Å². The quantitative estimate of drug-likeness (QED) is 0.0592. The first-order chi connectivity index (χ1) is 27.9. The van der Waals surface area contributed by atoms with E-state index in [-0.39, 0.29) is 39.9 Å². The summed E-state index contributed by atoms with van der Waals surface area (Å²) in [6.07, 6.45) is 3.83. The molecule has 0 spiro atoms. The summed E-state index contributed by atoms with van der Waals surface area (Å²) in [7, 11) is 0. The molecule has 6 aromatic carbocycles. The van der Waals surface area contributed by atoms with Crippen LogP contribution < -0.4 is 9.80 Å². The molecule has 0 amide bonds. The average molecular weight is 889 g/mol. The zero-order valence-corrected chi connectivity index (χ0v) is 36.9. The molecule has 1 saturated heterocycles. The number of anilines is 2. The van der Waals surface area contributed by atoms with Crippen molar-refractivity contribution in [2.75, 3.05) is 22.9 Å². The molecule has 59 heavy (non-hydrogen) atoms. The van der Waals surface area contributed by atoms with E-state index in [0.29, 0.717) is 5.69 Å². The van der Waals surface area contributed by atoms with Crippen molar-refractivity contribution in [3.05, 3.63) is 199 Å². The van der Waals surface area contributed by atoms with Gasteiger partial charge in [-0.25, -0.2) is 0 Å². The molecule has 2 aliphatic rings. The van der Waals surface area contributed by atoms with Crippen LogP contribution in [0.3, 0.4) is 0 Å². The summed E-state index contributed by atoms with van der Waals surface area (Å²) < 4.78 is 2.94. The van der Waals surface area contributed by atoms with Crippen LogP contribution in [-0.4, -0.2) is 37.8 Å². The summed E-state index contributed by atoms with van der Waals surface area (Å²) in [4.78, 5) is 19.5. The molecule has 7 nitrogen and oxygen atoms in total. The van der Waals surface area contributed by atoms with Gasteiger partial charge in [0.25, 0.3) is 0 Å². The smallest absolute Gasteiger partial charge is 0.232 e. The van der Waals surface area contributed by atoms with Crippen molar-refractivity contribution in [2.24, 2.45) is 4.99 Å². The van der Waals surface area contributed by atoms with E-state index in [2.05, 4.69) is 147 Å². The van der Waals surface area contributed by atoms with Gasteiger partial charge >= 0.3 is 241 Å². The Morgan fingerprint density at radius 3 is 1.78 bits per heavy atom. The van der Waals surface area contributed by atoms with E-state index in [1.807, 2.05) is 31.2 Å². The summed E-state index contributed by atoms with van der Waals surface area (Å²) >= 11 is -0.233. The SMILES string of the molecule is Cc1cc(C)c(N2CCN(c3c(C)cc(C)cc3C)[C]2=[Ru]=[C]2C=C(c3ccccc3)c3ccccc32)c(C)c1.Cc1ccc(N=Cc2[c-]ccc([N+](=O)[O-])c2O)cc1.Cl. The molecule has 1 N–H and O–H groups in total. The fraction of sp³-hybridized carbons (Fsp3) is 0.180. The minimum Gasteiger partial charge on any atom is -0.545 e. The number of hydrogen-bond acceptors (Lipinski definition) is 6. The normalized spacial score (nSPS) is 13.2. The number of aromatic hydroxyl groups is 1. The number of phenols is 1. The number of halogens is 1. The van der Waals surface area contributed by atoms with E-state index in [1.54, 1.807) is 0 Å². The number of hydrogen-bond donors (Lipinski definition) is 1. The maximum atomic E-state index is 10.7. The van der Waals surface area contributed by atoms with Gasteiger partial charge in [0.15, 0.2) is 0 Å². The Bertz CT molecular complexity index is 2570. The molecule has 0 aromatic heterocycles. The number of nitro benzene ring substituents is 1. The predicted octanol–water partition coefficient (Wildman–Crippen LogP) is 11.3. The molecule has 1 aliphatic carbocycles. The maximum absolute atomic E-state index is 10.7. The van der Waals surface area contributed by atoms with Crippen molar-refractivity contribution in [1.29, 1.82) is 0 Å². The molecular formula is C50H48ClN4O3Ru-. The number of fused-ring (bicyclic) bond motifs is 1. The van der Waals surface area contributed by atoms with Crippen LogP contribution in [-0.2, 0) is 16.2 Å². The number of nitrogens with zero attached hydrogens (tertiary/aromatic N) is 4. The van der Waals surface area contributed by atoms with E-state index in [4.69, 9.17) is 0 Å². The molecule has 0 bridgehead atoms. The summed E-state index contributed by atoms with van der Waals surface area (Å²) in [5, 5.41) is 20.4. The Labute approximate surface area is 360 Å². The van der Waals surface area contributed by atoms with Crippen LogP contribution in [0.5, 0.6) is 5.75 Å². The van der Waals surface area contributed by atoms with E-state index >= 15 is 0 Å². The van der Waals surface area contributed by atoms with Crippen molar-refractivity contribution < 1.29 is 26.3 Å². The van der Waals surface area contributed by atoms with Gasteiger partial charge in [-0.2, -0.15) is 0 Å². The van der Waals surface area contributed by atoms with Crippen LogP contribution in [0.15, 0.2) is 126 Å². The van der Waals surface area contributed by atoms with Gasteiger partial charge < -0.3 is 10.1 Å². The van der Waals surface area contributed by atoms with E-state index in [1.165, 1.54) is 93.8 Å². The Kier molecular flexibility index (Phi) is 13.3. The number of benzene rings is 6. The molecule has 6 aromatic rings. The molecule has 1 aliphatic heterocycles. The molecule has 0 unspecified atom stereocenters. The van der Waals surface area contributed by atoms with Gasteiger partial charge in [-0.3, -0.25) is 10.1 Å². The monoisotopic (exact) mass is 889 g/mol. The van der Waals surface area contributed by atoms with Gasteiger partial charge in [-0.1, -0.05) is 29.3 Å². The van der Waals surface area contributed by atoms with E-state index in [9.17, 15) is 15.2 Å². The van der Waals surface area contributed by atoms with Gasteiger partial charge in [0.05, 0.1) is 5.69 Å². The van der Waals surface area contributed by atoms with Crippen molar-refractivity contribution in [2.45, 2.75) is 48.5 Å². The first-order valence-electron chi connectivity index (χ1n) is 19.3. The van der Waals surface area contributed by atoms with Gasteiger partial charge in [0.1, 0.15) is 5.75 Å². The fourth-order valence-electron chi connectivity index (χ4n) is 7.94. The van der Waals surface area contributed by atoms with Crippen LogP contribution >= 0.6 is 12.4 Å². The first kappa shape index (κ1) is 42.8. The minimum absolute atomic E-state index is 0. The van der Waals surface area contributed by atoms with E-state index < -0.39 is 10.7 Å². The van der Waals surface area contributed by atoms with Crippen molar-refractivity contribution in [1.82, 2.24) is 0 Å². The summed E-state index contributed by atoms with van der Waals surface area (Å²) in [5.74, 6) is -0.427. The molecule has 1 heterocycles. The zero-order valence-electron chi connectivity index (χ0n) is 34.4. The summed E-state index contributed by atoms with van der Waals surface area (Å²) in [5.41, 5.74) is 17.9. The van der Waals surface area contributed by atoms with Gasteiger partial charge in [0.2, 0.25) is 5.69 Å². The third-order valence-corrected chi connectivity index (χ3v) is 12.8. The third kappa shape index (κ3) is 9.25. The topological polar surface area (TPSA) is 82.2 Å². The van der Waals surface area contributed by atoms with E-state index in [0.717, 1.165) is 18.7 Å². The second-order valence-electron chi connectivity index (χ2n) is 14.9. The Morgan fingerprint density at radius 1 is 0.712 bits per heavy atom. The van der Waals surface area contributed by atoms with Gasteiger partial charge in [-0.15, -0.1) is 24.5 Å². The standard InChI is InChI=1S/C21H26N2.C15H10.C14H11N2O3.ClH.Ru/c1-14-9-16(3)20(17(4)10-14)22-7-8-23(13-22)21-18(5)11-15(2)12-19(21)6;1-2-6-12(7-3-1)15-11-10-13-8-4-5-9-14(13)15;1-10-5-7-12(8-6-10)15-9-11-3-2-4-13(14(11)17)16(18)19;;/h9-12H,7-8H2,1-6H3;1-9,11H;2,4-9,17H,1H3;1H;/q;;-1;;. The molecule has 0 saturated carbocycles. The number of rotatable bonds is 6. The summed E-state index contributed by atoms with van der Waals surface area (Å²) in [6.45, 7) is 17.5. The van der Waals surface area contributed by atoms with Crippen molar-refractivity contribution in [3.8, 4) is 5.75 Å². The Hall–Kier alpha value is -5.82. The number of phenolic OH excluding ortho intramolecular Hbond substituents is 1. The maximum Gasteiger partial charge on any atom is 0.232 e. The van der Waals surface area contributed by atoms with Crippen molar-refractivity contribution >= 4 is 55.4 Å². The summed E-state index contributed by atoms with van der Waals surface area (Å²) in [6, 6.07) is 41.9. The minimum atomic E-state index is -0.646. The molecule has 1 fully saturated rings. The second-order valence-corrected chi connectivity index (χ2v) is 17.1.